The van der Waals surface area contributed by atoms with E-state index in [-0.39, 0.29) is 29.8 Å². The number of nitrogens with zero attached hydrogens (tertiary/aromatic N) is 3. The Labute approximate surface area is 155 Å². The van der Waals surface area contributed by atoms with Crippen molar-refractivity contribution in [3.63, 3.8) is 0 Å². The summed E-state index contributed by atoms with van der Waals surface area (Å²) in [4.78, 5) is 17.1. The van der Waals surface area contributed by atoms with E-state index >= 15 is 0 Å². The summed E-state index contributed by atoms with van der Waals surface area (Å²) in [5.41, 5.74) is 9.28. The third-order valence-electron chi connectivity index (χ3n) is 4.29. The molecule has 0 unspecified atom stereocenters. The number of aromatic nitrogens is 2. The highest BCUT2D eigenvalue weighted by Crippen LogP contribution is 2.21. The lowest BCUT2D eigenvalue weighted by molar-refractivity contribution is -0.116. The van der Waals surface area contributed by atoms with Gasteiger partial charge in [0.15, 0.2) is 11.7 Å². The molecule has 0 radical (unpaired) electrons. The van der Waals surface area contributed by atoms with Gasteiger partial charge in [-0.25, -0.2) is 4.98 Å². The molecule has 3 rings (SSSR count). The molecular formula is C19H20N6O2. The van der Waals surface area contributed by atoms with Gasteiger partial charge in [0, 0.05) is 5.69 Å². The van der Waals surface area contributed by atoms with E-state index < -0.39 is 0 Å². The molecule has 0 saturated carbocycles. The van der Waals surface area contributed by atoms with Crippen LogP contribution < -0.4 is 11.1 Å². The first-order valence-corrected chi connectivity index (χ1v) is 8.30. The van der Waals surface area contributed by atoms with Crippen molar-refractivity contribution >= 4 is 34.2 Å². The molecule has 0 atom stereocenters. The lowest BCUT2D eigenvalue weighted by atomic mass is 10.1. The van der Waals surface area contributed by atoms with Gasteiger partial charge in [0.1, 0.15) is 12.3 Å². The van der Waals surface area contributed by atoms with E-state index in [2.05, 4.69) is 15.5 Å². The second-order valence-electron chi connectivity index (χ2n) is 6.19. The number of carbonyl (C=O) groups excluding carboxylic acids is 1. The average Bonchev–Trinajstić information content (AvgIpc) is 3.02. The molecule has 1 aromatic heterocycles. The zero-order chi connectivity index (χ0) is 19.6. The van der Waals surface area contributed by atoms with Gasteiger partial charge in [-0.05, 0) is 37.1 Å². The standard InChI is InChI=1S/C19H20N6O2/c1-11-6-5-7-12(2)17(11)23-15(26)10-25-14-9-4-3-8-13(14)22-19(25)16(20)18(21)24-27/h3-9,20,27H,10H2,1-2H3,(H2,21,24)(H,23,26). The Morgan fingerprint density at radius 1 is 1.22 bits per heavy atom. The molecule has 3 aromatic rings. The van der Waals surface area contributed by atoms with E-state index in [1.54, 1.807) is 16.7 Å². The van der Waals surface area contributed by atoms with Crippen molar-refractivity contribution in [1.29, 1.82) is 5.41 Å². The van der Waals surface area contributed by atoms with Gasteiger partial charge in [-0.1, -0.05) is 35.5 Å². The molecule has 8 nitrogen and oxygen atoms in total. The first kappa shape index (κ1) is 18.1. The first-order valence-electron chi connectivity index (χ1n) is 8.30. The molecule has 0 spiro atoms. The summed E-state index contributed by atoms with van der Waals surface area (Å²) in [6.45, 7) is 3.79. The molecule has 0 aliphatic carbocycles. The number of oxime groups is 1. The number of para-hydroxylation sites is 3. The van der Waals surface area contributed by atoms with Crippen LogP contribution in [0.25, 0.3) is 11.0 Å². The second-order valence-corrected chi connectivity index (χ2v) is 6.19. The summed E-state index contributed by atoms with van der Waals surface area (Å²) in [7, 11) is 0. The van der Waals surface area contributed by atoms with Gasteiger partial charge in [0.2, 0.25) is 5.91 Å². The minimum Gasteiger partial charge on any atom is -0.409 e. The van der Waals surface area contributed by atoms with Gasteiger partial charge in [-0.2, -0.15) is 0 Å². The van der Waals surface area contributed by atoms with Gasteiger partial charge in [-0.3, -0.25) is 10.2 Å². The van der Waals surface area contributed by atoms with Crippen LogP contribution in [-0.2, 0) is 11.3 Å². The van der Waals surface area contributed by atoms with Gasteiger partial charge >= 0.3 is 0 Å². The van der Waals surface area contributed by atoms with Gasteiger partial charge in [-0.15, -0.1) is 0 Å². The minimum atomic E-state index is -0.373. The predicted molar refractivity (Wildman–Crippen MR) is 105 cm³/mol. The van der Waals surface area contributed by atoms with Crippen molar-refractivity contribution in [2.24, 2.45) is 10.9 Å². The predicted octanol–water partition coefficient (Wildman–Crippen LogP) is 2.41. The number of benzene rings is 2. The Morgan fingerprint density at radius 3 is 2.56 bits per heavy atom. The quantitative estimate of drug-likeness (QED) is 0.240. The molecule has 8 heteroatoms. The summed E-state index contributed by atoms with van der Waals surface area (Å²) >= 11 is 0. The summed E-state index contributed by atoms with van der Waals surface area (Å²) in [5.74, 6) is -0.478. The highest BCUT2D eigenvalue weighted by Gasteiger charge is 2.20. The monoisotopic (exact) mass is 364 g/mol. The third-order valence-corrected chi connectivity index (χ3v) is 4.29. The summed E-state index contributed by atoms with van der Waals surface area (Å²) in [6, 6.07) is 13.0. The molecule has 0 saturated heterocycles. The number of imidazole rings is 1. The molecule has 5 N–H and O–H groups in total. The van der Waals surface area contributed by atoms with Crippen molar-refractivity contribution in [3.8, 4) is 0 Å². The largest absolute Gasteiger partial charge is 0.409 e. The zero-order valence-electron chi connectivity index (χ0n) is 15.0. The number of amidine groups is 1. The highest BCUT2D eigenvalue weighted by atomic mass is 16.4. The number of anilines is 1. The van der Waals surface area contributed by atoms with Crippen LogP contribution in [0, 0.1) is 19.3 Å². The summed E-state index contributed by atoms with van der Waals surface area (Å²) < 4.78 is 1.58. The number of nitrogens with two attached hydrogens (primary N) is 1. The minimum absolute atomic E-state index is 0.0648. The Morgan fingerprint density at radius 2 is 1.89 bits per heavy atom. The molecule has 138 valence electrons. The molecular weight excluding hydrogens is 344 g/mol. The molecule has 27 heavy (non-hydrogen) atoms. The van der Waals surface area contributed by atoms with E-state index in [1.807, 2.05) is 44.2 Å². The molecule has 1 heterocycles. The molecule has 2 aromatic carbocycles. The van der Waals surface area contributed by atoms with Crippen LogP contribution in [-0.4, -0.2) is 32.2 Å². The van der Waals surface area contributed by atoms with Gasteiger partial charge < -0.3 is 20.8 Å². The fourth-order valence-corrected chi connectivity index (χ4v) is 2.93. The van der Waals surface area contributed by atoms with Crippen LogP contribution >= 0.6 is 0 Å². The van der Waals surface area contributed by atoms with Crippen molar-refractivity contribution in [2.45, 2.75) is 20.4 Å². The van der Waals surface area contributed by atoms with Crippen LogP contribution in [0.15, 0.2) is 47.6 Å². The average molecular weight is 364 g/mol. The smallest absolute Gasteiger partial charge is 0.244 e. The molecule has 1 amide bonds. The highest BCUT2D eigenvalue weighted by molar-refractivity contribution is 6.45. The van der Waals surface area contributed by atoms with Crippen LogP contribution in [0.1, 0.15) is 17.0 Å². The van der Waals surface area contributed by atoms with Gasteiger partial charge in [0.25, 0.3) is 0 Å². The fraction of sp³-hybridized carbons (Fsp3) is 0.158. The molecule has 0 fully saturated rings. The lowest BCUT2D eigenvalue weighted by Crippen LogP contribution is -2.29. The number of amides is 1. The maximum absolute atomic E-state index is 12.7. The zero-order valence-corrected chi connectivity index (χ0v) is 15.0. The number of nitrogens with one attached hydrogen (secondary N) is 2. The molecule has 0 bridgehead atoms. The second kappa shape index (κ2) is 7.28. The number of fused-ring (bicyclic) bond motifs is 1. The first-order chi connectivity index (χ1) is 12.9. The van der Waals surface area contributed by atoms with Crippen molar-refractivity contribution < 1.29 is 10.0 Å². The Kier molecular flexibility index (Phi) is 4.89. The maximum atomic E-state index is 12.7. The molecule has 0 aliphatic heterocycles. The van der Waals surface area contributed by atoms with Crippen molar-refractivity contribution in [2.75, 3.05) is 5.32 Å². The SMILES string of the molecule is Cc1cccc(C)c1NC(=O)Cn1c(C(=N)/C(N)=N\O)nc2ccccc21. The van der Waals surface area contributed by atoms with Crippen molar-refractivity contribution in [1.82, 2.24) is 9.55 Å². The Hall–Kier alpha value is -3.68. The number of rotatable bonds is 5. The van der Waals surface area contributed by atoms with E-state index in [1.165, 1.54) is 0 Å². The number of hydrogen-bond acceptors (Lipinski definition) is 5. The fourth-order valence-electron chi connectivity index (χ4n) is 2.93. The Bertz CT molecular complexity index is 1050. The van der Waals surface area contributed by atoms with Gasteiger partial charge in [0.05, 0.1) is 11.0 Å². The van der Waals surface area contributed by atoms with E-state index in [9.17, 15) is 4.79 Å². The van der Waals surface area contributed by atoms with E-state index in [0.29, 0.717) is 11.0 Å². The normalized spacial score (nSPS) is 11.6. The van der Waals surface area contributed by atoms with Crippen LogP contribution in [0.4, 0.5) is 5.69 Å². The van der Waals surface area contributed by atoms with Crippen molar-refractivity contribution in [3.05, 3.63) is 59.4 Å². The van der Waals surface area contributed by atoms with Crippen LogP contribution in [0.3, 0.4) is 0 Å². The van der Waals surface area contributed by atoms with E-state index in [0.717, 1.165) is 16.8 Å². The van der Waals surface area contributed by atoms with Crippen LogP contribution in [0.2, 0.25) is 0 Å². The van der Waals surface area contributed by atoms with Crippen LogP contribution in [0.5, 0.6) is 0 Å². The number of hydrogen-bond donors (Lipinski definition) is 4. The van der Waals surface area contributed by atoms with E-state index in [4.69, 9.17) is 16.4 Å². The molecule has 0 aliphatic rings. The lowest BCUT2D eigenvalue weighted by Gasteiger charge is -2.13. The third kappa shape index (κ3) is 3.50. The Balaban J connectivity index is 1.98. The topological polar surface area (TPSA) is 129 Å². The maximum Gasteiger partial charge on any atom is 0.244 e. The summed E-state index contributed by atoms with van der Waals surface area (Å²) in [5, 5.41) is 22.8. The summed E-state index contributed by atoms with van der Waals surface area (Å²) in [6.07, 6.45) is 0. The number of carbonyl (C=O) groups is 1. The number of aryl methyl sites for hydroxylation is 2.